The molecular weight excluding hydrogens is 454 g/mol. The summed E-state index contributed by atoms with van der Waals surface area (Å²) in [5.41, 5.74) is 0.668. The van der Waals surface area contributed by atoms with Crippen molar-refractivity contribution < 1.29 is 28.5 Å². The number of ether oxygens (including phenoxy) is 5. The maximum Gasteiger partial charge on any atom is 0.326 e. The third-order valence-electron chi connectivity index (χ3n) is 4.82. The zero-order valence-electron chi connectivity index (χ0n) is 20.2. The minimum absolute atomic E-state index is 0.128. The third kappa shape index (κ3) is 5.81. The first-order chi connectivity index (χ1) is 16.8. The van der Waals surface area contributed by atoms with Crippen LogP contribution in [0.1, 0.15) is 20.8 Å². The lowest BCUT2D eigenvalue weighted by Crippen LogP contribution is -2.33. The van der Waals surface area contributed by atoms with Gasteiger partial charge in [0.2, 0.25) is 18.7 Å². The largest absolute Gasteiger partial charge is 0.493 e. The summed E-state index contributed by atoms with van der Waals surface area (Å²) in [7, 11) is 3.13. The number of aromatic nitrogens is 3. The van der Waals surface area contributed by atoms with Crippen LogP contribution in [0.5, 0.6) is 23.0 Å². The lowest BCUT2D eigenvalue weighted by Gasteiger charge is -2.25. The third-order valence-corrected chi connectivity index (χ3v) is 4.82. The van der Waals surface area contributed by atoms with Crippen molar-refractivity contribution in [1.29, 1.82) is 0 Å². The van der Waals surface area contributed by atoms with Gasteiger partial charge in [0.05, 0.1) is 14.2 Å². The Morgan fingerprint density at radius 3 is 2.54 bits per heavy atom. The first-order valence-corrected chi connectivity index (χ1v) is 10.8. The van der Waals surface area contributed by atoms with Crippen molar-refractivity contribution >= 4 is 29.2 Å². The van der Waals surface area contributed by atoms with Crippen LogP contribution in [0.25, 0.3) is 0 Å². The number of nitrogens with zero attached hydrogens (tertiary/aromatic N) is 4. The topological polar surface area (TPSA) is 117 Å². The molecule has 0 bridgehead atoms. The van der Waals surface area contributed by atoms with Crippen LogP contribution in [0.2, 0.25) is 0 Å². The zero-order chi connectivity index (χ0) is 25.0. The van der Waals surface area contributed by atoms with Crippen LogP contribution in [0, 0.1) is 0 Å². The Morgan fingerprint density at radius 1 is 1.03 bits per heavy atom. The number of carbonyl (C=O) groups excluding carboxylic acids is 1. The smallest absolute Gasteiger partial charge is 0.326 e. The van der Waals surface area contributed by atoms with Crippen molar-refractivity contribution in [2.75, 3.05) is 37.8 Å². The van der Waals surface area contributed by atoms with Crippen molar-refractivity contribution in [3.63, 3.8) is 0 Å². The summed E-state index contributed by atoms with van der Waals surface area (Å²) in [5, 5.41) is 3.12. The van der Waals surface area contributed by atoms with Gasteiger partial charge in [-0.25, -0.2) is 9.97 Å². The van der Waals surface area contributed by atoms with Crippen LogP contribution >= 0.6 is 0 Å². The number of esters is 1. The minimum Gasteiger partial charge on any atom is -0.493 e. The van der Waals surface area contributed by atoms with Crippen molar-refractivity contribution in [3.05, 3.63) is 42.7 Å². The fourth-order valence-corrected chi connectivity index (χ4v) is 3.35. The summed E-state index contributed by atoms with van der Waals surface area (Å²) in [6.07, 6.45) is 1.36. The van der Waals surface area contributed by atoms with E-state index in [1.807, 2.05) is 20.8 Å². The molecule has 35 heavy (non-hydrogen) atoms. The van der Waals surface area contributed by atoms with Crippen LogP contribution < -0.4 is 29.2 Å². The Bertz CT molecular complexity index is 1210. The fourth-order valence-electron chi connectivity index (χ4n) is 3.35. The molecule has 1 aliphatic heterocycles. The molecule has 0 saturated carbocycles. The van der Waals surface area contributed by atoms with Gasteiger partial charge in [-0.15, -0.1) is 0 Å². The molecule has 2 aromatic carbocycles. The van der Waals surface area contributed by atoms with Crippen LogP contribution in [-0.4, -0.2) is 54.1 Å². The van der Waals surface area contributed by atoms with E-state index in [-0.39, 0.29) is 25.2 Å². The molecule has 4 rings (SSSR count). The molecule has 0 fully saturated rings. The van der Waals surface area contributed by atoms with Crippen molar-refractivity contribution in [2.24, 2.45) is 0 Å². The number of hydrogen-bond donors (Lipinski definition) is 1. The van der Waals surface area contributed by atoms with E-state index in [9.17, 15) is 4.79 Å². The molecule has 0 aliphatic carbocycles. The summed E-state index contributed by atoms with van der Waals surface area (Å²) >= 11 is 0. The molecule has 0 radical (unpaired) electrons. The highest BCUT2D eigenvalue weighted by atomic mass is 16.7. The van der Waals surface area contributed by atoms with Crippen LogP contribution in [0.15, 0.2) is 42.7 Å². The van der Waals surface area contributed by atoms with Crippen LogP contribution in [0.4, 0.5) is 23.3 Å². The van der Waals surface area contributed by atoms with Gasteiger partial charge < -0.3 is 29.0 Å². The summed E-state index contributed by atoms with van der Waals surface area (Å²) in [4.78, 5) is 27.4. The van der Waals surface area contributed by atoms with Gasteiger partial charge in [-0.05, 0) is 45.0 Å². The molecule has 11 nitrogen and oxygen atoms in total. The molecule has 3 aromatic rings. The average molecular weight is 482 g/mol. The summed E-state index contributed by atoms with van der Waals surface area (Å²) < 4.78 is 27.1. The lowest BCUT2D eigenvalue weighted by molar-refractivity contribution is -0.152. The molecule has 1 N–H and O–H groups in total. The molecule has 11 heteroatoms. The van der Waals surface area contributed by atoms with Gasteiger partial charge in [0.15, 0.2) is 23.0 Å². The first kappa shape index (κ1) is 23.9. The van der Waals surface area contributed by atoms with Crippen molar-refractivity contribution in [2.45, 2.75) is 26.4 Å². The van der Waals surface area contributed by atoms with E-state index in [2.05, 4.69) is 20.3 Å². The van der Waals surface area contributed by atoms with Gasteiger partial charge in [-0.2, -0.15) is 4.98 Å². The van der Waals surface area contributed by atoms with Gasteiger partial charge in [0.25, 0.3) is 0 Å². The molecule has 1 aromatic heterocycles. The molecular formula is C24H27N5O6. The number of carbonyl (C=O) groups is 1. The Labute approximate surface area is 203 Å². The molecule has 1 aliphatic rings. The molecule has 0 amide bonds. The maximum absolute atomic E-state index is 12.7. The van der Waals surface area contributed by atoms with Crippen LogP contribution in [-0.2, 0) is 9.53 Å². The van der Waals surface area contributed by atoms with E-state index < -0.39 is 11.6 Å². The van der Waals surface area contributed by atoms with Gasteiger partial charge in [-0.3, -0.25) is 9.69 Å². The second kappa shape index (κ2) is 9.92. The first-order valence-electron chi connectivity index (χ1n) is 10.8. The normalized spacial score (nSPS) is 12.1. The molecule has 0 atom stereocenters. The van der Waals surface area contributed by atoms with E-state index in [0.29, 0.717) is 34.4 Å². The number of fused-ring (bicyclic) bond motifs is 1. The molecule has 184 valence electrons. The number of hydrogen-bond acceptors (Lipinski definition) is 11. The Balaban J connectivity index is 1.64. The fraction of sp³-hybridized carbons (Fsp3) is 0.333. The highest BCUT2D eigenvalue weighted by molar-refractivity contribution is 5.79. The molecule has 0 spiro atoms. The van der Waals surface area contributed by atoms with Gasteiger partial charge in [0.1, 0.15) is 18.5 Å². The quantitative estimate of drug-likeness (QED) is 0.473. The SMILES string of the molecule is COc1ccc(Nc2ncnc(N(CC(=O)OC(C)(C)C)c3ccc4c(c3)OCO4)n2)cc1OC. The van der Waals surface area contributed by atoms with Gasteiger partial charge in [0, 0.05) is 23.5 Å². The number of rotatable bonds is 8. The summed E-state index contributed by atoms with van der Waals surface area (Å²) in [6.45, 7) is 5.43. The number of benzene rings is 2. The van der Waals surface area contributed by atoms with E-state index in [1.165, 1.54) is 6.33 Å². The second-order valence-corrected chi connectivity index (χ2v) is 8.51. The van der Waals surface area contributed by atoms with E-state index in [0.717, 1.165) is 0 Å². The number of nitrogens with one attached hydrogen (secondary N) is 1. The molecule has 0 saturated heterocycles. The van der Waals surface area contributed by atoms with E-state index in [1.54, 1.807) is 55.5 Å². The molecule has 0 unspecified atom stereocenters. The second-order valence-electron chi connectivity index (χ2n) is 8.51. The van der Waals surface area contributed by atoms with Gasteiger partial charge in [-0.1, -0.05) is 0 Å². The van der Waals surface area contributed by atoms with Crippen molar-refractivity contribution in [3.8, 4) is 23.0 Å². The highest BCUT2D eigenvalue weighted by Gasteiger charge is 2.24. The van der Waals surface area contributed by atoms with E-state index >= 15 is 0 Å². The monoisotopic (exact) mass is 481 g/mol. The Hall–Kier alpha value is -4.28. The van der Waals surface area contributed by atoms with Crippen molar-refractivity contribution in [1.82, 2.24) is 15.0 Å². The minimum atomic E-state index is -0.642. The van der Waals surface area contributed by atoms with Gasteiger partial charge >= 0.3 is 5.97 Å². The summed E-state index contributed by atoms with van der Waals surface area (Å²) in [5.74, 6) is 2.42. The number of anilines is 4. The number of methoxy groups -OCH3 is 2. The Kier molecular flexibility index (Phi) is 6.76. The van der Waals surface area contributed by atoms with E-state index in [4.69, 9.17) is 23.7 Å². The Morgan fingerprint density at radius 2 is 1.80 bits per heavy atom. The predicted molar refractivity (Wildman–Crippen MR) is 128 cm³/mol. The zero-order valence-corrected chi connectivity index (χ0v) is 20.2. The maximum atomic E-state index is 12.7. The summed E-state index contributed by atoms with van der Waals surface area (Å²) in [6, 6.07) is 10.7. The standard InChI is InChI=1S/C24H27N5O6/c1-24(2,3)35-21(30)12-29(16-7-9-18-20(11-16)34-14-33-18)23-26-13-25-22(28-23)27-15-6-8-17(31-4)19(10-15)32-5/h6-11,13H,12,14H2,1-5H3,(H,25,26,27,28). The lowest BCUT2D eigenvalue weighted by atomic mass is 10.2. The molecule has 2 heterocycles. The average Bonchev–Trinajstić information content (AvgIpc) is 3.29. The predicted octanol–water partition coefficient (Wildman–Crippen LogP) is 3.84. The highest BCUT2D eigenvalue weighted by Crippen LogP contribution is 2.37. The van der Waals surface area contributed by atoms with Crippen LogP contribution in [0.3, 0.4) is 0 Å².